The standard InChI is InChI=1S/C20H30N4O2/c1-3-21-19(24-14-20(25)8-11-26-12-9-20)22-10-7-16-13-23-18-15(2)5-4-6-17(16)18/h4-6,13,23,25H,3,7-12,14H2,1-2H3,(H2,21,22,24). The molecule has 6 heteroatoms. The third-order valence-corrected chi connectivity index (χ3v) is 5.00. The number of hydrogen-bond acceptors (Lipinski definition) is 3. The lowest BCUT2D eigenvalue weighted by molar-refractivity contribution is -0.0565. The second-order valence-corrected chi connectivity index (χ2v) is 7.02. The molecular weight excluding hydrogens is 328 g/mol. The van der Waals surface area contributed by atoms with E-state index in [1.54, 1.807) is 0 Å². The third-order valence-electron chi connectivity index (χ3n) is 5.00. The molecule has 6 nitrogen and oxygen atoms in total. The van der Waals surface area contributed by atoms with Crippen LogP contribution in [0.15, 0.2) is 29.4 Å². The van der Waals surface area contributed by atoms with Crippen LogP contribution in [0.25, 0.3) is 10.9 Å². The summed E-state index contributed by atoms with van der Waals surface area (Å²) in [5.74, 6) is 0.753. The minimum Gasteiger partial charge on any atom is -0.388 e. The fourth-order valence-corrected chi connectivity index (χ4v) is 3.36. The Hall–Kier alpha value is -2.05. The molecule has 1 saturated heterocycles. The number of para-hydroxylation sites is 1. The summed E-state index contributed by atoms with van der Waals surface area (Å²) in [6.07, 6.45) is 4.29. The number of rotatable bonds is 6. The van der Waals surface area contributed by atoms with E-state index in [9.17, 15) is 5.11 Å². The molecule has 1 aromatic carbocycles. The number of guanidine groups is 1. The van der Waals surface area contributed by atoms with E-state index in [2.05, 4.69) is 51.9 Å². The number of aromatic nitrogens is 1. The van der Waals surface area contributed by atoms with Gasteiger partial charge in [0.25, 0.3) is 0 Å². The van der Waals surface area contributed by atoms with E-state index in [4.69, 9.17) is 4.74 Å². The van der Waals surface area contributed by atoms with E-state index in [-0.39, 0.29) is 0 Å². The maximum Gasteiger partial charge on any atom is 0.191 e. The smallest absolute Gasteiger partial charge is 0.191 e. The first kappa shape index (κ1) is 18.7. The Bertz CT molecular complexity index is 747. The molecule has 0 aliphatic carbocycles. The Morgan fingerprint density at radius 2 is 2.12 bits per heavy atom. The molecule has 1 aromatic heterocycles. The maximum absolute atomic E-state index is 10.6. The largest absolute Gasteiger partial charge is 0.388 e. The first-order valence-electron chi connectivity index (χ1n) is 9.49. The molecule has 0 spiro atoms. The molecule has 2 heterocycles. The number of aromatic amines is 1. The van der Waals surface area contributed by atoms with Gasteiger partial charge in [-0.05, 0) is 31.4 Å². The number of nitrogens with one attached hydrogen (secondary N) is 3. The van der Waals surface area contributed by atoms with Crippen molar-refractivity contribution in [3.8, 4) is 0 Å². The number of aryl methyl sites for hydroxylation is 1. The SMILES string of the molecule is CCNC(=NCC1(O)CCOCC1)NCCc1c[nH]c2c(C)cccc12. The Morgan fingerprint density at radius 3 is 2.88 bits per heavy atom. The molecule has 0 bridgehead atoms. The van der Waals surface area contributed by atoms with Crippen LogP contribution in [0.3, 0.4) is 0 Å². The molecule has 0 radical (unpaired) electrons. The van der Waals surface area contributed by atoms with Gasteiger partial charge in [0.15, 0.2) is 5.96 Å². The number of ether oxygens (including phenoxy) is 1. The number of hydrogen-bond donors (Lipinski definition) is 4. The number of H-pyrrole nitrogens is 1. The molecule has 0 amide bonds. The molecular formula is C20H30N4O2. The van der Waals surface area contributed by atoms with Crippen molar-refractivity contribution >= 4 is 16.9 Å². The van der Waals surface area contributed by atoms with Crippen LogP contribution in [-0.4, -0.2) is 54.5 Å². The molecule has 1 aliphatic heterocycles. The molecule has 26 heavy (non-hydrogen) atoms. The third kappa shape index (κ3) is 4.56. The summed E-state index contributed by atoms with van der Waals surface area (Å²) in [4.78, 5) is 7.96. The van der Waals surface area contributed by atoms with Crippen LogP contribution in [-0.2, 0) is 11.2 Å². The molecule has 142 valence electrons. The molecule has 2 aromatic rings. The van der Waals surface area contributed by atoms with Gasteiger partial charge in [-0.1, -0.05) is 18.2 Å². The van der Waals surface area contributed by atoms with Gasteiger partial charge < -0.3 is 25.5 Å². The summed E-state index contributed by atoms with van der Waals surface area (Å²) in [6.45, 7) is 7.36. The molecule has 0 saturated carbocycles. The van der Waals surface area contributed by atoms with Crippen molar-refractivity contribution in [3.63, 3.8) is 0 Å². The zero-order chi connectivity index (χ0) is 18.4. The van der Waals surface area contributed by atoms with E-state index < -0.39 is 5.60 Å². The highest BCUT2D eigenvalue weighted by atomic mass is 16.5. The van der Waals surface area contributed by atoms with Gasteiger partial charge in [0.2, 0.25) is 0 Å². The van der Waals surface area contributed by atoms with Crippen LogP contribution < -0.4 is 10.6 Å². The van der Waals surface area contributed by atoms with Gasteiger partial charge >= 0.3 is 0 Å². The second-order valence-electron chi connectivity index (χ2n) is 7.02. The quantitative estimate of drug-likeness (QED) is 0.471. The average Bonchev–Trinajstić information content (AvgIpc) is 3.05. The summed E-state index contributed by atoms with van der Waals surface area (Å²) < 4.78 is 5.33. The second kappa shape index (κ2) is 8.56. The van der Waals surface area contributed by atoms with Crippen molar-refractivity contribution in [2.45, 2.75) is 38.7 Å². The molecule has 1 fully saturated rings. The van der Waals surface area contributed by atoms with Gasteiger partial charge in [-0.15, -0.1) is 0 Å². The highest BCUT2D eigenvalue weighted by Crippen LogP contribution is 2.22. The highest BCUT2D eigenvalue weighted by molar-refractivity contribution is 5.86. The number of aliphatic hydroxyl groups is 1. The summed E-state index contributed by atoms with van der Waals surface area (Å²) in [5.41, 5.74) is 3.04. The van der Waals surface area contributed by atoms with Crippen molar-refractivity contribution in [1.29, 1.82) is 0 Å². The number of aliphatic imine (C=N–C) groups is 1. The van der Waals surface area contributed by atoms with Crippen molar-refractivity contribution in [2.24, 2.45) is 4.99 Å². The fourth-order valence-electron chi connectivity index (χ4n) is 3.36. The van der Waals surface area contributed by atoms with Gasteiger partial charge in [-0.2, -0.15) is 0 Å². The molecule has 3 rings (SSSR count). The number of benzene rings is 1. The van der Waals surface area contributed by atoms with E-state index in [0.717, 1.165) is 25.5 Å². The van der Waals surface area contributed by atoms with Crippen LogP contribution in [0.2, 0.25) is 0 Å². The minimum atomic E-state index is -0.741. The molecule has 4 N–H and O–H groups in total. The predicted molar refractivity (Wildman–Crippen MR) is 106 cm³/mol. The van der Waals surface area contributed by atoms with E-state index >= 15 is 0 Å². The van der Waals surface area contributed by atoms with Crippen molar-refractivity contribution in [1.82, 2.24) is 15.6 Å². The first-order valence-corrected chi connectivity index (χ1v) is 9.49. The zero-order valence-corrected chi connectivity index (χ0v) is 15.8. The first-order chi connectivity index (χ1) is 12.6. The minimum absolute atomic E-state index is 0.401. The van der Waals surface area contributed by atoms with Gasteiger partial charge in [-0.25, -0.2) is 0 Å². The Labute approximate surface area is 155 Å². The monoisotopic (exact) mass is 358 g/mol. The van der Waals surface area contributed by atoms with E-state index in [0.29, 0.717) is 32.6 Å². The molecule has 0 unspecified atom stereocenters. The Kier molecular flexibility index (Phi) is 6.16. The normalized spacial score (nSPS) is 17.4. The summed E-state index contributed by atoms with van der Waals surface area (Å²) in [6, 6.07) is 6.38. The Balaban J connectivity index is 1.58. The van der Waals surface area contributed by atoms with Crippen LogP contribution >= 0.6 is 0 Å². The summed E-state index contributed by atoms with van der Waals surface area (Å²) in [5, 5.41) is 18.5. The number of nitrogens with zero attached hydrogens (tertiary/aromatic N) is 1. The lowest BCUT2D eigenvalue weighted by Gasteiger charge is -2.30. The molecule has 1 aliphatic rings. The summed E-state index contributed by atoms with van der Waals surface area (Å²) >= 11 is 0. The van der Waals surface area contributed by atoms with Gasteiger partial charge in [0.05, 0.1) is 12.1 Å². The fraction of sp³-hybridized carbons (Fsp3) is 0.550. The van der Waals surface area contributed by atoms with Crippen LogP contribution in [0.5, 0.6) is 0 Å². The van der Waals surface area contributed by atoms with Gasteiger partial charge in [-0.3, -0.25) is 4.99 Å². The Morgan fingerprint density at radius 1 is 1.31 bits per heavy atom. The van der Waals surface area contributed by atoms with E-state index in [1.165, 1.54) is 22.0 Å². The van der Waals surface area contributed by atoms with Crippen molar-refractivity contribution < 1.29 is 9.84 Å². The van der Waals surface area contributed by atoms with Crippen LogP contribution in [0, 0.1) is 6.92 Å². The van der Waals surface area contributed by atoms with Crippen LogP contribution in [0.1, 0.15) is 30.9 Å². The van der Waals surface area contributed by atoms with Crippen molar-refractivity contribution in [2.75, 3.05) is 32.8 Å². The average molecular weight is 358 g/mol. The number of fused-ring (bicyclic) bond motifs is 1. The lowest BCUT2D eigenvalue weighted by atomic mass is 9.95. The van der Waals surface area contributed by atoms with Crippen LogP contribution in [0.4, 0.5) is 0 Å². The zero-order valence-electron chi connectivity index (χ0n) is 15.8. The van der Waals surface area contributed by atoms with Crippen molar-refractivity contribution in [3.05, 3.63) is 35.5 Å². The molecule has 0 atom stereocenters. The van der Waals surface area contributed by atoms with Gasteiger partial charge in [0.1, 0.15) is 0 Å². The van der Waals surface area contributed by atoms with Gasteiger partial charge in [0, 0.05) is 56.2 Å². The summed E-state index contributed by atoms with van der Waals surface area (Å²) in [7, 11) is 0. The lowest BCUT2D eigenvalue weighted by Crippen LogP contribution is -2.43. The maximum atomic E-state index is 10.6. The topological polar surface area (TPSA) is 81.7 Å². The van der Waals surface area contributed by atoms with E-state index in [1.807, 2.05) is 6.92 Å². The predicted octanol–water partition coefficient (Wildman–Crippen LogP) is 2.12. The highest BCUT2D eigenvalue weighted by Gasteiger charge is 2.29.